The average molecular weight is 1440 g/mol. The van der Waals surface area contributed by atoms with Crippen LogP contribution >= 0.6 is 0 Å². The molecule has 0 atom stereocenters. The third-order valence-corrected chi connectivity index (χ3v) is 18.3. The van der Waals surface area contributed by atoms with Crippen LogP contribution in [0.15, 0.2) is 168 Å². The number of aromatic nitrogens is 6. The Morgan fingerprint density at radius 2 is 0.733 bits per heavy atom. The summed E-state index contributed by atoms with van der Waals surface area (Å²) in [5.41, 5.74) is 23.1. The van der Waals surface area contributed by atoms with E-state index in [4.69, 9.17) is 45.9 Å². The predicted molar refractivity (Wildman–Crippen MR) is 375 cm³/mol. The molecule has 0 radical (unpaired) electrons. The fraction of sp³-hybridized carbons (Fsp3) is 0.361. The summed E-state index contributed by atoms with van der Waals surface area (Å²) in [6.07, 6.45) is 4.68. The molecule has 33 heteroatoms. The lowest BCUT2D eigenvalue weighted by Gasteiger charge is -2.36. The zero-order valence-corrected chi connectivity index (χ0v) is 57.7. The normalized spacial score (nSPS) is 20.5. The van der Waals surface area contributed by atoms with E-state index < -0.39 is 5.97 Å². The quantitative estimate of drug-likeness (QED) is 0.0187. The molecule has 0 unspecified atom stereocenters. The van der Waals surface area contributed by atoms with Gasteiger partial charge in [0.1, 0.15) is 22.8 Å². The number of carboxylic acid groups (broad SMARTS) is 1. The molecule has 552 valence electrons. The molecule has 2 aliphatic heterocycles. The first-order chi connectivity index (χ1) is 50.9. The Kier molecular flexibility index (Phi) is 26.5. The van der Waals surface area contributed by atoms with Gasteiger partial charge < -0.3 is 64.2 Å². The first-order valence-electron chi connectivity index (χ1n) is 34.5. The van der Waals surface area contributed by atoms with Gasteiger partial charge in [-0.1, -0.05) is 156 Å². The highest BCUT2D eigenvalue weighted by Gasteiger charge is 2.41. The van der Waals surface area contributed by atoms with Crippen LogP contribution in [0.3, 0.4) is 0 Å². The maximum atomic E-state index is 12.4. The van der Waals surface area contributed by atoms with Gasteiger partial charge in [0.05, 0.1) is 17.8 Å². The number of nitrogens with zero attached hydrogens (tertiary/aromatic N) is 8. The molecule has 6 fully saturated rings. The number of benzene rings is 4. The van der Waals surface area contributed by atoms with Crippen molar-refractivity contribution in [3.63, 3.8) is 0 Å². The van der Waals surface area contributed by atoms with Crippen molar-refractivity contribution in [2.45, 2.75) is 101 Å². The van der Waals surface area contributed by atoms with Gasteiger partial charge in [0, 0.05) is 116 Å². The van der Waals surface area contributed by atoms with Crippen LogP contribution in [0.1, 0.15) is 132 Å². The predicted octanol–water partition coefficient (Wildman–Crippen LogP) is 6.56. The van der Waals surface area contributed by atoms with Crippen molar-refractivity contribution >= 4 is 47.3 Å². The second kappa shape index (κ2) is 36.8. The summed E-state index contributed by atoms with van der Waals surface area (Å²) < 4.78 is 32.5. The maximum Gasteiger partial charge on any atom is 0.306 e. The Morgan fingerprint density at radius 3 is 1.04 bits per heavy atom. The van der Waals surface area contributed by atoms with Gasteiger partial charge in [0.2, 0.25) is 52.5 Å². The van der Waals surface area contributed by atoms with E-state index in [0.717, 1.165) is 54.1 Å². The number of amides is 7. The highest BCUT2D eigenvalue weighted by Crippen LogP contribution is 2.38. The molecule has 4 saturated carbocycles. The van der Waals surface area contributed by atoms with Crippen LogP contribution in [0.25, 0.3) is 45.0 Å². The van der Waals surface area contributed by atoms with Crippen molar-refractivity contribution in [2.24, 2.45) is 29.5 Å². The Bertz CT molecular complexity index is 4350. The lowest BCUT2D eigenvalue weighted by atomic mass is 9.79. The van der Waals surface area contributed by atoms with Gasteiger partial charge in [-0.05, 0) is 65.5 Å². The van der Waals surface area contributed by atoms with E-state index in [0.29, 0.717) is 93.1 Å². The van der Waals surface area contributed by atoms with Crippen molar-refractivity contribution in [3.05, 3.63) is 180 Å². The lowest BCUT2D eigenvalue weighted by molar-refractivity contribution is -0.145. The molecule has 4 aromatic carbocycles. The highest BCUT2D eigenvalue weighted by molar-refractivity contribution is 5.95. The van der Waals surface area contributed by atoms with Gasteiger partial charge in [-0.3, -0.25) is 54.6 Å². The monoisotopic (exact) mass is 1440 g/mol. The maximum absolute atomic E-state index is 12.4. The summed E-state index contributed by atoms with van der Waals surface area (Å²) in [5, 5.41) is 44.3. The van der Waals surface area contributed by atoms with Crippen LogP contribution in [0.2, 0.25) is 0 Å². The second-order valence-corrected chi connectivity index (χ2v) is 25.8. The minimum atomic E-state index is -0.813. The topological polar surface area (TPSA) is 496 Å². The standard InChI is InChI=1S/C20H23N5O4.C20H21N5O3.C15H16N4O3.C15H14N2O4.C2H6.H2N2.H2O/c1-25-10-14(11-25)19(27)23-22-18(26)13-7-15(8-13)21-20(28)17-9-16(24-29-17)12-5-3-2-4-6-12;1-25-10-14(11-25)20-23-22-19(27-20)13-7-15(8-13)21-18(26)17-9-16(24-28-17)12-5-3-2-4-6-12;16-18-14(20)10-6-11(7-10)17-15(21)13-8-12(19-22-13)9-4-2-1-3-5-9;18-14(16-11-6-10(7-11)15(19)20)13-8-12(17-21-13)9-4-2-1-3-5-9;2*1-2;/h2-6,9,13-15H,7-8,10-11H2,1H3,(H,21,28)(H,22,26)(H,23,27);2-6,9,13-15H,7-8,10-11H2,1H3,(H,21,26);1-5,8,10-11H,6-7,16H2,(H,17,21)(H,18,20);1-5,8,10-11H,6-7H2,(H,16,18)(H,19,20);1-2H3;1-2H;1H2/i;;;;1D;;. The van der Waals surface area contributed by atoms with E-state index in [9.17, 15) is 38.4 Å². The minimum absolute atomic E-state index is 0. The zero-order valence-electron chi connectivity index (χ0n) is 58.7. The average Bonchev–Trinajstić information content (AvgIpc) is 1.53. The number of hydrogen-bond acceptors (Lipinski definition) is 24. The van der Waals surface area contributed by atoms with Gasteiger partial charge >= 0.3 is 5.97 Å². The number of aliphatic carboxylic acids is 1. The number of likely N-dealkylation sites (tertiary alicyclic amines) is 2. The van der Waals surface area contributed by atoms with E-state index in [2.05, 4.69) is 80.3 Å². The first-order valence-corrected chi connectivity index (χ1v) is 33.8. The van der Waals surface area contributed by atoms with Gasteiger partial charge in [-0.25, -0.2) is 16.9 Å². The number of carbonyl (C=O) groups excluding carboxylic acids is 7. The second-order valence-electron chi connectivity index (χ2n) is 25.8. The number of carboxylic acids is 1. The Labute approximate surface area is 603 Å². The summed E-state index contributed by atoms with van der Waals surface area (Å²) >= 11 is 0. The molecule has 5 aromatic heterocycles. The van der Waals surface area contributed by atoms with Gasteiger partial charge in [-0.2, -0.15) is 0 Å². The molecule has 105 heavy (non-hydrogen) atoms. The molecule has 15 rings (SSSR count). The van der Waals surface area contributed by atoms with Crippen LogP contribution in [0, 0.1) is 34.7 Å². The van der Waals surface area contributed by atoms with Gasteiger partial charge in [-0.15, -0.1) is 10.2 Å². The third-order valence-electron chi connectivity index (χ3n) is 18.3. The molecule has 7 heterocycles. The van der Waals surface area contributed by atoms with Crippen LogP contribution < -0.4 is 43.4 Å². The van der Waals surface area contributed by atoms with Crippen molar-refractivity contribution in [1.29, 1.82) is 11.1 Å². The molecule has 0 bridgehead atoms. The van der Waals surface area contributed by atoms with E-state index >= 15 is 0 Å². The van der Waals surface area contributed by atoms with Crippen LogP contribution in [0.5, 0.6) is 0 Å². The molecule has 33 nitrogen and oxygen atoms in total. The number of carbonyl (C=O) groups is 8. The molecule has 9 aromatic rings. The SMILES string of the molecule is CN1CC(C(=O)NNC(=O)C2CC(NC(=O)c3cc(-c4ccccc4)no3)C2)C1.CN1CC(c2nnc(C3CC(NC(=O)c4cc(-c5ccccc5)no4)C3)o2)C1.N=N.NNC(=O)C1CC(NC(=O)c2cc(-c3ccccc3)no2)C1.O.O=C(NC1CC(C(=O)O)C1)c1cc(-c2ccccc2)no1.[2H]CC. The fourth-order valence-corrected chi connectivity index (χ4v) is 12.1. The number of hydrogen-bond donors (Lipinski definition) is 11. The largest absolute Gasteiger partial charge is 0.481 e. The third kappa shape index (κ3) is 20.2. The van der Waals surface area contributed by atoms with Gasteiger partial charge in [0.15, 0.2) is 0 Å². The molecular weight excluding hydrogens is 1360 g/mol. The summed E-state index contributed by atoms with van der Waals surface area (Å²) in [6, 6.07) is 44.2. The van der Waals surface area contributed by atoms with Crippen LogP contribution in [-0.4, -0.2) is 163 Å². The Balaban J connectivity index is 0.000000161. The van der Waals surface area contributed by atoms with Crippen molar-refractivity contribution < 1.29 is 72.8 Å². The summed E-state index contributed by atoms with van der Waals surface area (Å²) in [5.74, 6) is 4.18. The molecule has 2 saturated heterocycles. The molecule has 14 N–H and O–H groups in total. The van der Waals surface area contributed by atoms with E-state index in [-0.39, 0.29) is 124 Å². The van der Waals surface area contributed by atoms with Crippen LogP contribution in [-0.2, 0) is 19.2 Å². The van der Waals surface area contributed by atoms with Crippen molar-refractivity contribution in [3.8, 4) is 45.0 Å². The van der Waals surface area contributed by atoms with E-state index in [1.807, 2.05) is 133 Å². The summed E-state index contributed by atoms with van der Waals surface area (Å²) in [4.78, 5) is 99.0. The summed E-state index contributed by atoms with van der Waals surface area (Å²) in [7, 11) is 4.01. The van der Waals surface area contributed by atoms with Crippen molar-refractivity contribution in [1.82, 2.24) is 78.2 Å². The number of nitrogens with one attached hydrogen (secondary N) is 9. The molecule has 6 aliphatic rings. The summed E-state index contributed by atoms with van der Waals surface area (Å²) in [6.45, 7) is 5.62. The van der Waals surface area contributed by atoms with Crippen LogP contribution in [0.4, 0.5) is 0 Å². The number of nitrogens with two attached hydrogens (primary N) is 1. The minimum Gasteiger partial charge on any atom is -0.481 e. The van der Waals surface area contributed by atoms with E-state index in [1.54, 1.807) is 31.2 Å². The molecular formula is C72H84N18O15. The van der Waals surface area contributed by atoms with Gasteiger partial charge in [0.25, 0.3) is 23.6 Å². The molecule has 4 aliphatic carbocycles. The smallest absolute Gasteiger partial charge is 0.306 e. The number of likely N-dealkylation sites (N-methyl/N-ethyl adjacent to an activating group) is 1. The van der Waals surface area contributed by atoms with E-state index in [1.165, 1.54) is 0 Å². The fourth-order valence-electron chi connectivity index (χ4n) is 12.1. The zero-order chi connectivity index (χ0) is 74.5. The Hall–Kier alpha value is -11.9. The Morgan fingerprint density at radius 1 is 0.448 bits per heavy atom. The first kappa shape index (κ1) is 75.7. The number of hydrazine groups is 2. The van der Waals surface area contributed by atoms with Crippen molar-refractivity contribution in [2.75, 3.05) is 40.3 Å². The highest BCUT2D eigenvalue weighted by atomic mass is 16.5. The number of rotatable bonds is 18. The molecule has 7 amide bonds. The lowest BCUT2D eigenvalue weighted by Crippen LogP contribution is -2.57. The molecule has 0 spiro atoms.